The first-order valence-electron chi connectivity index (χ1n) is 7.95. The molecule has 0 aliphatic carbocycles. The van der Waals surface area contributed by atoms with Crippen LogP contribution in [0.3, 0.4) is 0 Å². The molecule has 136 valence electrons. The molecule has 0 saturated carbocycles. The average molecular weight is 399 g/mol. The van der Waals surface area contributed by atoms with E-state index in [2.05, 4.69) is 20.8 Å². The zero-order chi connectivity index (χ0) is 19.2. The van der Waals surface area contributed by atoms with Crippen LogP contribution in [0.25, 0.3) is 0 Å². The number of rotatable bonds is 5. The van der Waals surface area contributed by atoms with E-state index in [-0.39, 0.29) is 11.8 Å². The van der Waals surface area contributed by atoms with Crippen LogP contribution in [0.4, 0.5) is 5.69 Å². The predicted octanol–water partition coefficient (Wildman–Crippen LogP) is 4.20. The van der Waals surface area contributed by atoms with E-state index in [0.717, 1.165) is 5.56 Å². The van der Waals surface area contributed by atoms with Crippen molar-refractivity contribution in [3.8, 4) is 0 Å². The minimum Gasteiger partial charge on any atom is -0.321 e. The zero-order valence-corrected chi connectivity index (χ0v) is 15.8. The van der Waals surface area contributed by atoms with Gasteiger partial charge in [-0.25, -0.2) is 5.43 Å². The van der Waals surface area contributed by atoms with Crippen molar-refractivity contribution in [3.63, 3.8) is 0 Å². The molecule has 3 aromatic rings. The summed E-state index contributed by atoms with van der Waals surface area (Å²) < 4.78 is 0.557. The van der Waals surface area contributed by atoms with Crippen molar-refractivity contribution in [2.24, 2.45) is 5.10 Å². The number of hydrogen-bond donors (Lipinski definition) is 2. The normalized spacial score (nSPS) is 11.1. The molecule has 6 nitrogen and oxygen atoms in total. The lowest BCUT2D eigenvalue weighted by atomic mass is 10.1. The van der Waals surface area contributed by atoms with Gasteiger partial charge in [-0.15, -0.1) is 11.3 Å². The third-order valence-corrected chi connectivity index (χ3v) is 4.83. The summed E-state index contributed by atoms with van der Waals surface area (Å²) in [5.41, 5.74) is 4.97. The second-order valence-corrected chi connectivity index (χ2v) is 7.23. The molecule has 2 heterocycles. The summed E-state index contributed by atoms with van der Waals surface area (Å²) in [4.78, 5) is 28.7. The number of carbonyl (C=O) groups excluding carboxylic acids is 2. The van der Waals surface area contributed by atoms with Crippen LogP contribution in [0.2, 0.25) is 4.34 Å². The van der Waals surface area contributed by atoms with Crippen LogP contribution >= 0.6 is 22.9 Å². The van der Waals surface area contributed by atoms with Gasteiger partial charge in [-0.05, 0) is 48.9 Å². The summed E-state index contributed by atoms with van der Waals surface area (Å²) in [6.45, 7) is 1.77. The van der Waals surface area contributed by atoms with E-state index < -0.39 is 0 Å². The number of anilines is 1. The fourth-order valence-corrected chi connectivity index (χ4v) is 3.16. The Balaban J connectivity index is 1.68. The Hall–Kier alpha value is -3.03. The van der Waals surface area contributed by atoms with E-state index in [1.807, 2.05) is 6.07 Å². The fraction of sp³-hybridized carbons (Fsp3) is 0.0526. The number of thiophene rings is 1. The molecule has 1 aromatic carbocycles. The SMILES string of the molecule is C/C(=N/NC(=O)c1ccncc1)c1cccc(NC(=O)c2ccc(Cl)s2)c1. The Morgan fingerprint density at radius 2 is 1.81 bits per heavy atom. The second-order valence-electron chi connectivity index (χ2n) is 5.51. The van der Waals surface area contributed by atoms with Crippen molar-refractivity contribution in [2.75, 3.05) is 5.32 Å². The van der Waals surface area contributed by atoms with Crippen LogP contribution in [0.15, 0.2) is 66.0 Å². The van der Waals surface area contributed by atoms with Gasteiger partial charge < -0.3 is 5.32 Å². The van der Waals surface area contributed by atoms with Gasteiger partial charge in [0, 0.05) is 23.6 Å². The van der Waals surface area contributed by atoms with E-state index in [9.17, 15) is 9.59 Å². The van der Waals surface area contributed by atoms with Gasteiger partial charge >= 0.3 is 0 Å². The largest absolute Gasteiger partial charge is 0.321 e. The van der Waals surface area contributed by atoms with Crippen LogP contribution in [0.1, 0.15) is 32.5 Å². The van der Waals surface area contributed by atoms with Crippen LogP contribution in [-0.4, -0.2) is 22.5 Å². The summed E-state index contributed by atoms with van der Waals surface area (Å²) in [6, 6.07) is 13.8. The highest BCUT2D eigenvalue weighted by atomic mass is 35.5. The number of pyridine rings is 1. The Kier molecular flexibility index (Phi) is 5.95. The van der Waals surface area contributed by atoms with Gasteiger partial charge in [0.1, 0.15) is 0 Å². The molecule has 0 saturated heterocycles. The molecule has 3 rings (SSSR count). The standard InChI is InChI=1S/C19H15ClN4O2S/c1-12(23-24-18(25)13-7-9-21-10-8-13)14-3-2-4-15(11-14)22-19(26)16-5-6-17(20)27-16/h2-11H,1H3,(H,22,26)(H,24,25)/b23-12-. The number of nitrogens with zero attached hydrogens (tertiary/aromatic N) is 2. The molecule has 2 amide bonds. The molecule has 0 aliphatic heterocycles. The summed E-state index contributed by atoms with van der Waals surface area (Å²) in [6.07, 6.45) is 3.08. The molecule has 0 fully saturated rings. The molecular formula is C19H15ClN4O2S. The maximum atomic E-state index is 12.2. The maximum Gasteiger partial charge on any atom is 0.271 e. The van der Waals surface area contributed by atoms with Crippen molar-refractivity contribution in [1.82, 2.24) is 10.4 Å². The van der Waals surface area contributed by atoms with Gasteiger partial charge in [0.15, 0.2) is 0 Å². The van der Waals surface area contributed by atoms with Gasteiger partial charge in [0.05, 0.1) is 14.9 Å². The number of hydrogen-bond acceptors (Lipinski definition) is 5. The number of nitrogens with one attached hydrogen (secondary N) is 2. The third-order valence-electron chi connectivity index (χ3n) is 3.60. The van der Waals surface area contributed by atoms with E-state index in [1.54, 1.807) is 61.8 Å². The minimum absolute atomic E-state index is 0.232. The lowest BCUT2D eigenvalue weighted by Crippen LogP contribution is -2.19. The molecule has 0 atom stereocenters. The predicted molar refractivity (Wildman–Crippen MR) is 108 cm³/mol. The molecule has 27 heavy (non-hydrogen) atoms. The molecule has 0 bridgehead atoms. The first-order valence-corrected chi connectivity index (χ1v) is 9.14. The van der Waals surface area contributed by atoms with Crippen molar-refractivity contribution >= 4 is 46.2 Å². The van der Waals surface area contributed by atoms with Gasteiger partial charge in [-0.3, -0.25) is 14.6 Å². The summed E-state index contributed by atoms with van der Waals surface area (Å²) in [5.74, 6) is -0.555. The lowest BCUT2D eigenvalue weighted by Gasteiger charge is -2.07. The highest BCUT2D eigenvalue weighted by Crippen LogP contribution is 2.22. The number of hydrazone groups is 1. The Morgan fingerprint density at radius 3 is 2.52 bits per heavy atom. The molecule has 2 N–H and O–H groups in total. The Morgan fingerprint density at radius 1 is 1.04 bits per heavy atom. The lowest BCUT2D eigenvalue weighted by molar-refractivity contribution is 0.0954. The smallest absolute Gasteiger partial charge is 0.271 e. The number of halogens is 1. The molecule has 0 radical (unpaired) electrons. The topological polar surface area (TPSA) is 83.4 Å². The molecule has 0 spiro atoms. The molecule has 0 unspecified atom stereocenters. The monoisotopic (exact) mass is 398 g/mol. The van der Waals surface area contributed by atoms with Gasteiger partial charge in [-0.2, -0.15) is 5.10 Å². The molecular weight excluding hydrogens is 384 g/mol. The molecule has 0 aliphatic rings. The number of carbonyl (C=O) groups is 2. The first-order chi connectivity index (χ1) is 13.0. The van der Waals surface area contributed by atoms with Crippen molar-refractivity contribution < 1.29 is 9.59 Å². The van der Waals surface area contributed by atoms with E-state index in [4.69, 9.17) is 11.6 Å². The van der Waals surface area contributed by atoms with Crippen LogP contribution in [0.5, 0.6) is 0 Å². The maximum absolute atomic E-state index is 12.2. The number of benzene rings is 1. The summed E-state index contributed by atoms with van der Waals surface area (Å²) >= 11 is 7.08. The minimum atomic E-state index is -0.323. The molecule has 2 aromatic heterocycles. The van der Waals surface area contributed by atoms with Gasteiger partial charge in [-0.1, -0.05) is 23.7 Å². The summed E-state index contributed by atoms with van der Waals surface area (Å²) in [5, 5.41) is 6.94. The van der Waals surface area contributed by atoms with Crippen molar-refractivity contribution in [2.45, 2.75) is 6.92 Å². The fourth-order valence-electron chi connectivity index (χ4n) is 2.22. The van der Waals surface area contributed by atoms with Gasteiger partial charge in [0.25, 0.3) is 11.8 Å². The van der Waals surface area contributed by atoms with Crippen LogP contribution in [0, 0.1) is 0 Å². The Labute approximate surface area is 164 Å². The van der Waals surface area contributed by atoms with Crippen LogP contribution < -0.4 is 10.7 Å². The van der Waals surface area contributed by atoms with Crippen molar-refractivity contribution in [1.29, 1.82) is 0 Å². The first kappa shape index (κ1) is 18.8. The summed E-state index contributed by atoms with van der Waals surface area (Å²) in [7, 11) is 0. The number of aromatic nitrogens is 1. The average Bonchev–Trinajstić information content (AvgIpc) is 3.13. The van der Waals surface area contributed by atoms with E-state index in [1.165, 1.54) is 11.3 Å². The third kappa shape index (κ3) is 4.99. The highest BCUT2D eigenvalue weighted by molar-refractivity contribution is 7.18. The van der Waals surface area contributed by atoms with Crippen molar-refractivity contribution in [3.05, 3.63) is 81.3 Å². The highest BCUT2D eigenvalue weighted by Gasteiger charge is 2.10. The second kappa shape index (κ2) is 8.57. The van der Waals surface area contributed by atoms with E-state index >= 15 is 0 Å². The van der Waals surface area contributed by atoms with Crippen LogP contribution in [-0.2, 0) is 0 Å². The number of amides is 2. The quantitative estimate of drug-likeness (QED) is 0.499. The molecule has 8 heteroatoms. The zero-order valence-electron chi connectivity index (χ0n) is 14.3. The van der Waals surface area contributed by atoms with Gasteiger partial charge in [0.2, 0.25) is 0 Å². The Bertz CT molecular complexity index is 1000. The van der Waals surface area contributed by atoms with E-state index in [0.29, 0.717) is 26.2 Å².